The van der Waals surface area contributed by atoms with Gasteiger partial charge in [0.1, 0.15) is 4.90 Å². The fourth-order valence-electron chi connectivity index (χ4n) is 2.03. The average Bonchev–Trinajstić information content (AvgIpc) is 2.95. The monoisotopic (exact) mass is 344 g/mol. The van der Waals surface area contributed by atoms with Crippen LogP contribution in [-0.2, 0) is 10.0 Å². The van der Waals surface area contributed by atoms with Crippen molar-refractivity contribution < 1.29 is 8.42 Å². The molecule has 1 heterocycles. The van der Waals surface area contributed by atoms with Gasteiger partial charge in [0.2, 0.25) is 10.0 Å². The normalized spacial score (nSPS) is 13.2. The number of anilines is 1. The Morgan fingerprint density at radius 1 is 1.38 bits per heavy atom. The Hall–Kier alpha value is -1.08. The Labute approximate surface area is 134 Å². The van der Waals surface area contributed by atoms with Gasteiger partial charge in [0, 0.05) is 9.90 Å². The van der Waals surface area contributed by atoms with Crippen LogP contribution in [0.25, 0.3) is 0 Å². The number of hydrogen-bond donors (Lipinski definition) is 2. The lowest BCUT2D eigenvalue weighted by Crippen LogP contribution is -2.28. The summed E-state index contributed by atoms with van der Waals surface area (Å²) in [5, 5.41) is 2.27. The zero-order valence-corrected chi connectivity index (χ0v) is 13.9. The van der Waals surface area contributed by atoms with Gasteiger partial charge in [0.15, 0.2) is 0 Å². The number of sulfonamides is 1. The summed E-state index contributed by atoms with van der Waals surface area (Å²) in [5.41, 5.74) is 5.96. The molecule has 0 aliphatic carbocycles. The van der Waals surface area contributed by atoms with E-state index in [1.54, 1.807) is 6.07 Å². The molecular weight excluding hydrogens is 328 g/mol. The number of thiophene rings is 1. The summed E-state index contributed by atoms with van der Waals surface area (Å²) in [4.78, 5) is 1.01. The molecule has 4 nitrogen and oxygen atoms in total. The van der Waals surface area contributed by atoms with Crippen molar-refractivity contribution >= 4 is 38.6 Å². The second-order valence-corrected chi connectivity index (χ2v) is 7.76. The third-order valence-electron chi connectivity index (χ3n) is 3.03. The lowest BCUT2D eigenvalue weighted by Gasteiger charge is -2.18. The Bertz CT molecular complexity index is 700. The lowest BCUT2D eigenvalue weighted by atomic mass is 10.1. The Morgan fingerprint density at radius 2 is 2.14 bits per heavy atom. The zero-order chi connectivity index (χ0) is 15.5. The number of halogens is 1. The Kier molecular flexibility index (Phi) is 5.27. The van der Waals surface area contributed by atoms with Crippen LogP contribution in [0.15, 0.2) is 40.6 Å². The van der Waals surface area contributed by atoms with Crippen molar-refractivity contribution in [3.05, 3.63) is 45.6 Å². The minimum absolute atomic E-state index is 0.0210. The van der Waals surface area contributed by atoms with Gasteiger partial charge < -0.3 is 5.73 Å². The zero-order valence-electron chi connectivity index (χ0n) is 11.5. The maximum absolute atomic E-state index is 12.5. The standard InChI is InChI=1S/C14H17ClN2O2S2/c1-2-4-12(13-5-3-8-20-13)17-21(18,19)14-9-10(15)6-7-11(14)16/h3,5-9,12,17H,2,4,16H2,1H3. The molecule has 1 unspecified atom stereocenters. The number of nitrogen functional groups attached to an aromatic ring is 1. The van der Waals surface area contributed by atoms with E-state index >= 15 is 0 Å². The number of rotatable bonds is 6. The number of hydrogen-bond acceptors (Lipinski definition) is 4. The van der Waals surface area contributed by atoms with E-state index in [0.717, 1.165) is 17.7 Å². The van der Waals surface area contributed by atoms with Crippen molar-refractivity contribution in [3.8, 4) is 0 Å². The van der Waals surface area contributed by atoms with Crippen molar-refractivity contribution in [1.82, 2.24) is 4.72 Å². The SMILES string of the molecule is CCCC(NS(=O)(=O)c1cc(Cl)ccc1N)c1cccs1. The maximum atomic E-state index is 12.5. The number of nitrogens with two attached hydrogens (primary N) is 1. The third-order valence-corrected chi connectivity index (χ3v) is 5.77. The fraction of sp³-hybridized carbons (Fsp3) is 0.286. The highest BCUT2D eigenvalue weighted by Crippen LogP contribution is 2.28. The minimum atomic E-state index is -3.71. The molecule has 0 aliphatic rings. The van der Waals surface area contributed by atoms with E-state index in [0.29, 0.717) is 5.02 Å². The van der Waals surface area contributed by atoms with Crippen LogP contribution < -0.4 is 10.5 Å². The second kappa shape index (κ2) is 6.79. The largest absolute Gasteiger partial charge is 0.398 e. The summed E-state index contributed by atoms with van der Waals surface area (Å²) in [6, 6.07) is 8.02. The predicted octanol–water partition coefficient (Wildman–Crippen LogP) is 3.80. The highest BCUT2D eigenvalue weighted by molar-refractivity contribution is 7.89. The van der Waals surface area contributed by atoms with Gasteiger partial charge >= 0.3 is 0 Å². The van der Waals surface area contributed by atoms with Crippen LogP contribution in [0.1, 0.15) is 30.7 Å². The summed E-state index contributed by atoms with van der Waals surface area (Å²) in [5.74, 6) is 0. The summed E-state index contributed by atoms with van der Waals surface area (Å²) in [7, 11) is -3.71. The topological polar surface area (TPSA) is 72.2 Å². The smallest absolute Gasteiger partial charge is 0.243 e. The molecule has 0 aliphatic heterocycles. The average molecular weight is 345 g/mol. The molecule has 0 spiro atoms. The highest BCUT2D eigenvalue weighted by atomic mass is 35.5. The Balaban J connectivity index is 2.32. The third kappa shape index (κ3) is 3.97. The van der Waals surface area contributed by atoms with Gasteiger partial charge in [-0.05, 0) is 36.1 Å². The second-order valence-electron chi connectivity index (χ2n) is 4.66. The molecule has 1 aromatic carbocycles. The first-order chi connectivity index (χ1) is 9.94. The molecule has 2 rings (SSSR count). The first-order valence-corrected chi connectivity index (χ1v) is 9.29. The fourth-order valence-corrected chi connectivity index (χ4v) is 4.56. The van der Waals surface area contributed by atoms with Crippen LogP contribution in [0.4, 0.5) is 5.69 Å². The summed E-state index contributed by atoms with van der Waals surface area (Å²) < 4.78 is 27.8. The van der Waals surface area contributed by atoms with Gasteiger partial charge in [0.05, 0.1) is 11.7 Å². The molecule has 0 fully saturated rings. The van der Waals surface area contributed by atoms with Crippen molar-refractivity contribution in [3.63, 3.8) is 0 Å². The van der Waals surface area contributed by atoms with Crippen LogP contribution in [0.5, 0.6) is 0 Å². The van der Waals surface area contributed by atoms with Crippen molar-refractivity contribution in [1.29, 1.82) is 0 Å². The van der Waals surface area contributed by atoms with E-state index < -0.39 is 10.0 Å². The molecule has 0 bridgehead atoms. The molecular formula is C14H17ClN2O2S2. The Morgan fingerprint density at radius 3 is 2.76 bits per heavy atom. The molecule has 2 aromatic rings. The summed E-state index contributed by atoms with van der Waals surface area (Å²) in [6.45, 7) is 2.02. The molecule has 1 atom stereocenters. The molecule has 0 saturated carbocycles. The minimum Gasteiger partial charge on any atom is -0.398 e. The van der Waals surface area contributed by atoms with Crippen LogP contribution in [-0.4, -0.2) is 8.42 Å². The van der Waals surface area contributed by atoms with Gasteiger partial charge in [-0.15, -0.1) is 11.3 Å². The van der Waals surface area contributed by atoms with Crippen LogP contribution in [0.2, 0.25) is 5.02 Å². The molecule has 114 valence electrons. The van der Waals surface area contributed by atoms with Crippen LogP contribution >= 0.6 is 22.9 Å². The van der Waals surface area contributed by atoms with E-state index in [-0.39, 0.29) is 16.6 Å². The van der Waals surface area contributed by atoms with E-state index in [9.17, 15) is 8.42 Å². The molecule has 7 heteroatoms. The molecule has 0 saturated heterocycles. The van der Waals surface area contributed by atoms with E-state index in [4.69, 9.17) is 17.3 Å². The van der Waals surface area contributed by atoms with Crippen molar-refractivity contribution in [2.24, 2.45) is 0 Å². The van der Waals surface area contributed by atoms with Crippen LogP contribution in [0.3, 0.4) is 0 Å². The van der Waals surface area contributed by atoms with Gasteiger partial charge in [0.25, 0.3) is 0 Å². The first kappa shape index (κ1) is 16.3. The molecule has 21 heavy (non-hydrogen) atoms. The molecule has 1 aromatic heterocycles. The summed E-state index contributed by atoms with van der Waals surface area (Å²) >= 11 is 7.40. The van der Waals surface area contributed by atoms with E-state index in [1.165, 1.54) is 23.5 Å². The van der Waals surface area contributed by atoms with Gasteiger partial charge in [-0.3, -0.25) is 0 Å². The van der Waals surface area contributed by atoms with E-state index in [1.807, 2.05) is 24.4 Å². The number of nitrogens with one attached hydrogen (secondary N) is 1. The molecule has 3 N–H and O–H groups in total. The van der Waals surface area contributed by atoms with Crippen LogP contribution in [0, 0.1) is 0 Å². The van der Waals surface area contributed by atoms with Gasteiger partial charge in [-0.1, -0.05) is 31.0 Å². The molecule has 0 amide bonds. The van der Waals surface area contributed by atoms with Crippen molar-refractivity contribution in [2.45, 2.75) is 30.7 Å². The molecule has 0 radical (unpaired) electrons. The number of benzene rings is 1. The van der Waals surface area contributed by atoms with E-state index in [2.05, 4.69) is 4.72 Å². The highest BCUT2D eigenvalue weighted by Gasteiger charge is 2.23. The van der Waals surface area contributed by atoms with Gasteiger partial charge in [-0.25, -0.2) is 13.1 Å². The van der Waals surface area contributed by atoms with Gasteiger partial charge in [-0.2, -0.15) is 0 Å². The quantitative estimate of drug-likeness (QED) is 0.783. The predicted molar refractivity (Wildman–Crippen MR) is 88.2 cm³/mol. The lowest BCUT2D eigenvalue weighted by molar-refractivity contribution is 0.540. The summed E-state index contributed by atoms with van der Waals surface area (Å²) in [6.07, 6.45) is 1.59. The van der Waals surface area contributed by atoms with Crippen molar-refractivity contribution in [2.75, 3.05) is 5.73 Å². The maximum Gasteiger partial charge on any atom is 0.243 e. The first-order valence-electron chi connectivity index (χ1n) is 6.55.